The second-order valence-corrected chi connectivity index (χ2v) is 9.56. The third-order valence-electron chi connectivity index (χ3n) is 4.50. The van der Waals surface area contributed by atoms with Gasteiger partial charge in [-0.2, -0.15) is 16.1 Å². The standard InChI is InChI=1S/C19H22FNO2S2/c1-14-7-8-19(15(2)13-14)25(22,23)21-10-9-18(24-12-11-21)16-5-3-4-6-17(16)20/h3-8,13,18H,9-12H2,1-2H3. The molecule has 0 bridgehead atoms. The maximum Gasteiger partial charge on any atom is 0.243 e. The lowest BCUT2D eigenvalue weighted by Gasteiger charge is -2.21. The van der Waals surface area contributed by atoms with E-state index in [0.29, 0.717) is 35.7 Å². The van der Waals surface area contributed by atoms with Crippen molar-refractivity contribution in [1.82, 2.24) is 4.31 Å². The number of hydrogen-bond acceptors (Lipinski definition) is 3. The Morgan fingerprint density at radius 1 is 1.12 bits per heavy atom. The van der Waals surface area contributed by atoms with Crippen LogP contribution in [-0.4, -0.2) is 31.6 Å². The maximum atomic E-state index is 14.0. The smallest absolute Gasteiger partial charge is 0.207 e. The van der Waals surface area contributed by atoms with E-state index in [4.69, 9.17) is 0 Å². The Balaban J connectivity index is 1.82. The minimum Gasteiger partial charge on any atom is -0.207 e. The van der Waals surface area contributed by atoms with E-state index >= 15 is 0 Å². The predicted molar refractivity (Wildman–Crippen MR) is 101 cm³/mol. The Kier molecular flexibility index (Phi) is 5.51. The van der Waals surface area contributed by atoms with Crippen LogP contribution in [0.4, 0.5) is 4.39 Å². The van der Waals surface area contributed by atoms with Crippen molar-refractivity contribution in [3.05, 3.63) is 65.0 Å². The Morgan fingerprint density at radius 2 is 1.88 bits per heavy atom. The van der Waals surface area contributed by atoms with Crippen molar-refractivity contribution in [2.75, 3.05) is 18.8 Å². The van der Waals surface area contributed by atoms with Gasteiger partial charge in [0.25, 0.3) is 0 Å². The molecule has 6 heteroatoms. The number of rotatable bonds is 3. The SMILES string of the molecule is Cc1ccc(S(=O)(=O)N2CCSC(c3ccccc3F)CC2)c(C)c1. The summed E-state index contributed by atoms with van der Waals surface area (Å²) in [7, 11) is -3.52. The molecule has 1 aliphatic heterocycles. The highest BCUT2D eigenvalue weighted by atomic mass is 32.2. The molecule has 25 heavy (non-hydrogen) atoms. The van der Waals surface area contributed by atoms with E-state index in [-0.39, 0.29) is 11.1 Å². The number of halogens is 1. The fraction of sp³-hybridized carbons (Fsp3) is 0.368. The summed E-state index contributed by atoms with van der Waals surface area (Å²) in [6, 6.07) is 12.2. The lowest BCUT2D eigenvalue weighted by molar-refractivity contribution is 0.426. The van der Waals surface area contributed by atoms with Crippen molar-refractivity contribution in [3.8, 4) is 0 Å². The summed E-state index contributed by atoms with van der Waals surface area (Å²) in [5.74, 6) is 0.439. The quantitative estimate of drug-likeness (QED) is 0.797. The van der Waals surface area contributed by atoms with E-state index in [1.807, 2.05) is 32.0 Å². The molecule has 1 saturated heterocycles. The second kappa shape index (κ2) is 7.48. The van der Waals surface area contributed by atoms with Gasteiger partial charge in [0.05, 0.1) is 4.90 Å². The van der Waals surface area contributed by atoms with E-state index in [0.717, 1.165) is 11.1 Å². The van der Waals surface area contributed by atoms with Crippen molar-refractivity contribution in [3.63, 3.8) is 0 Å². The molecule has 1 fully saturated rings. The zero-order valence-corrected chi connectivity index (χ0v) is 16.0. The highest BCUT2D eigenvalue weighted by Gasteiger charge is 2.30. The van der Waals surface area contributed by atoms with E-state index in [1.54, 1.807) is 34.3 Å². The topological polar surface area (TPSA) is 37.4 Å². The number of aryl methyl sites for hydroxylation is 2. The van der Waals surface area contributed by atoms with Crippen LogP contribution in [0, 0.1) is 19.7 Å². The van der Waals surface area contributed by atoms with E-state index in [2.05, 4.69) is 0 Å². The van der Waals surface area contributed by atoms with Gasteiger partial charge < -0.3 is 0 Å². The Labute approximate surface area is 153 Å². The van der Waals surface area contributed by atoms with Gasteiger partial charge in [0, 0.05) is 29.7 Å². The molecule has 0 amide bonds. The van der Waals surface area contributed by atoms with Crippen molar-refractivity contribution in [2.45, 2.75) is 30.4 Å². The first-order valence-corrected chi connectivity index (χ1v) is 10.8. The number of thioether (sulfide) groups is 1. The molecule has 0 aromatic heterocycles. The zero-order chi connectivity index (χ0) is 18.0. The van der Waals surface area contributed by atoms with Crippen LogP contribution >= 0.6 is 11.8 Å². The van der Waals surface area contributed by atoms with Gasteiger partial charge in [-0.1, -0.05) is 35.9 Å². The van der Waals surface area contributed by atoms with Gasteiger partial charge >= 0.3 is 0 Å². The molecule has 0 radical (unpaired) electrons. The van der Waals surface area contributed by atoms with Crippen LogP contribution < -0.4 is 0 Å². The number of sulfonamides is 1. The molecule has 0 saturated carbocycles. The summed E-state index contributed by atoms with van der Waals surface area (Å²) in [5, 5.41) is -0.0134. The van der Waals surface area contributed by atoms with Crippen LogP contribution in [0.1, 0.15) is 28.4 Å². The highest BCUT2D eigenvalue weighted by molar-refractivity contribution is 7.99. The molecule has 2 aromatic rings. The molecule has 1 unspecified atom stereocenters. The number of hydrogen-bond donors (Lipinski definition) is 0. The van der Waals surface area contributed by atoms with Crippen molar-refractivity contribution < 1.29 is 12.8 Å². The second-order valence-electron chi connectivity index (χ2n) is 6.34. The first-order chi connectivity index (χ1) is 11.9. The summed E-state index contributed by atoms with van der Waals surface area (Å²) in [4.78, 5) is 0.368. The summed E-state index contributed by atoms with van der Waals surface area (Å²) < 4.78 is 41.6. The summed E-state index contributed by atoms with van der Waals surface area (Å²) >= 11 is 1.63. The molecule has 0 spiro atoms. The monoisotopic (exact) mass is 379 g/mol. The molecule has 1 heterocycles. The van der Waals surface area contributed by atoms with Crippen LogP contribution in [0.5, 0.6) is 0 Å². The molecular formula is C19H22FNO2S2. The first-order valence-electron chi connectivity index (χ1n) is 8.33. The lowest BCUT2D eigenvalue weighted by atomic mass is 10.1. The molecule has 3 nitrogen and oxygen atoms in total. The fourth-order valence-corrected chi connectivity index (χ4v) is 6.23. The number of nitrogens with zero attached hydrogens (tertiary/aromatic N) is 1. The number of benzene rings is 2. The molecule has 1 atom stereocenters. The van der Waals surface area contributed by atoms with Gasteiger partial charge in [-0.15, -0.1) is 0 Å². The molecule has 3 rings (SSSR count). The maximum absolute atomic E-state index is 14.0. The molecule has 2 aromatic carbocycles. The summed E-state index contributed by atoms with van der Waals surface area (Å²) in [6.07, 6.45) is 0.607. The highest BCUT2D eigenvalue weighted by Crippen LogP contribution is 2.36. The van der Waals surface area contributed by atoms with Crippen molar-refractivity contribution in [1.29, 1.82) is 0 Å². The van der Waals surface area contributed by atoms with E-state index in [9.17, 15) is 12.8 Å². The molecule has 0 aliphatic carbocycles. The van der Waals surface area contributed by atoms with Crippen LogP contribution in [0.15, 0.2) is 47.4 Å². The van der Waals surface area contributed by atoms with Gasteiger partial charge in [0.2, 0.25) is 10.0 Å². The van der Waals surface area contributed by atoms with Gasteiger partial charge in [-0.05, 0) is 38.0 Å². The Hall–Kier alpha value is -1.37. The van der Waals surface area contributed by atoms with Crippen LogP contribution in [-0.2, 0) is 10.0 Å². The van der Waals surface area contributed by atoms with Crippen molar-refractivity contribution in [2.24, 2.45) is 0 Å². The van der Waals surface area contributed by atoms with Gasteiger partial charge in [-0.3, -0.25) is 0 Å². The third kappa shape index (κ3) is 3.91. The van der Waals surface area contributed by atoms with E-state index < -0.39 is 10.0 Å². The Bertz CT molecular complexity index is 867. The normalized spacial score (nSPS) is 19.6. The molecule has 1 aliphatic rings. The van der Waals surface area contributed by atoms with Crippen LogP contribution in [0.25, 0.3) is 0 Å². The zero-order valence-electron chi connectivity index (χ0n) is 14.4. The molecular weight excluding hydrogens is 357 g/mol. The van der Waals surface area contributed by atoms with Crippen LogP contribution in [0.3, 0.4) is 0 Å². The predicted octanol–water partition coefficient (Wildman–Crippen LogP) is 4.31. The fourth-order valence-electron chi connectivity index (χ4n) is 3.20. The average Bonchev–Trinajstić information content (AvgIpc) is 2.81. The van der Waals surface area contributed by atoms with Crippen molar-refractivity contribution >= 4 is 21.8 Å². The van der Waals surface area contributed by atoms with Crippen LogP contribution in [0.2, 0.25) is 0 Å². The first kappa shape index (κ1) is 18.4. The lowest BCUT2D eigenvalue weighted by Crippen LogP contribution is -2.33. The minimum absolute atomic E-state index is 0.0134. The Morgan fingerprint density at radius 3 is 2.60 bits per heavy atom. The third-order valence-corrected chi connectivity index (χ3v) is 7.87. The summed E-state index contributed by atoms with van der Waals surface area (Å²) in [6.45, 7) is 4.63. The molecule has 0 N–H and O–H groups in total. The van der Waals surface area contributed by atoms with Gasteiger partial charge in [0.1, 0.15) is 5.82 Å². The summed E-state index contributed by atoms with van der Waals surface area (Å²) in [5.41, 5.74) is 2.48. The largest absolute Gasteiger partial charge is 0.243 e. The molecule has 134 valence electrons. The van der Waals surface area contributed by atoms with E-state index in [1.165, 1.54) is 6.07 Å². The minimum atomic E-state index is -3.52. The van der Waals surface area contributed by atoms with Gasteiger partial charge in [0.15, 0.2) is 0 Å². The average molecular weight is 380 g/mol. The van der Waals surface area contributed by atoms with Gasteiger partial charge in [-0.25, -0.2) is 12.8 Å².